The maximum atomic E-state index is 11.9. The molecule has 19 heavy (non-hydrogen) atoms. The van der Waals surface area contributed by atoms with Gasteiger partial charge >= 0.3 is 0 Å². The first kappa shape index (κ1) is 16.1. The van der Waals surface area contributed by atoms with Crippen LogP contribution < -0.4 is 5.32 Å². The maximum absolute atomic E-state index is 11.9. The van der Waals surface area contributed by atoms with Crippen molar-refractivity contribution >= 4 is 18.5 Å². The molecule has 0 saturated carbocycles. The average molecular weight is 280 g/mol. The summed E-state index contributed by atoms with van der Waals surface area (Å²) < 4.78 is 0. The Kier molecular flexibility index (Phi) is 6.38. The lowest BCUT2D eigenvalue weighted by Gasteiger charge is -2.30. The van der Waals surface area contributed by atoms with E-state index in [2.05, 4.69) is 50.5 Å². The normalized spacial score (nSPS) is 11.4. The SMILES string of the molecule is CC(C)N(CCNC(=O)c1ccc(S)cc1)C(C)C. The first-order valence-electron chi connectivity index (χ1n) is 6.74. The van der Waals surface area contributed by atoms with Crippen LogP contribution in [0.5, 0.6) is 0 Å². The number of carbonyl (C=O) groups is 1. The van der Waals surface area contributed by atoms with Gasteiger partial charge in [0.25, 0.3) is 5.91 Å². The molecule has 1 amide bonds. The summed E-state index contributed by atoms with van der Waals surface area (Å²) >= 11 is 4.20. The summed E-state index contributed by atoms with van der Waals surface area (Å²) in [5.74, 6) is -0.0270. The molecule has 0 bridgehead atoms. The molecular formula is C15H24N2OS. The van der Waals surface area contributed by atoms with Crippen molar-refractivity contribution in [2.75, 3.05) is 13.1 Å². The fourth-order valence-corrected chi connectivity index (χ4v) is 2.28. The summed E-state index contributed by atoms with van der Waals surface area (Å²) in [5, 5.41) is 2.95. The second kappa shape index (κ2) is 7.56. The number of nitrogens with zero attached hydrogens (tertiary/aromatic N) is 1. The van der Waals surface area contributed by atoms with Crippen molar-refractivity contribution < 1.29 is 4.79 Å². The second-order valence-electron chi connectivity index (χ2n) is 5.23. The van der Waals surface area contributed by atoms with E-state index < -0.39 is 0 Å². The van der Waals surface area contributed by atoms with Crippen molar-refractivity contribution in [1.29, 1.82) is 0 Å². The first-order chi connectivity index (χ1) is 8.91. The minimum absolute atomic E-state index is 0.0270. The lowest BCUT2D eigenvalue weighted by atomic mass is 10.2. The van der Waals surface area contributed by atoms with E-state index in [0.717, 1.165) is 11.4 Å². The standard InChI is InChI=1S/C15H24N2OS/c1-11(2)17(12(3)4)10-9-16-15(18)13-5-7-14(19)8-6-13/h5-8,11-12,19H,9-10H2,1-4H3,(H,16,18). The van der Waals surface area contributed by atoms with Crippen LogP contribution in [0.25, 0.3) is 0 Å². The lowest BCUT2D eigenvalue weighted by Crippen LogP contribution is -2.42. The molecule has 0 spiro atoms. The van der Waals surface area contributed by atoms with Gasteiger partial charge in [0.2, 0.25) is 0 Å². The van der Waals surface area contributed by atoms with Crippen molar-refractivity contribution in [3.8, 4) is 0 Å². The zero-order chi connectivity index (χ0) is 14.4. The monoisotopic (exact) mass is 280 g/mol. The van der Waals surface area contributed by atoms with Crippen LogP contribution in [0.1, 0.15) is 38.1 Å². The van der Waals surface area contributed by atoms with Gasteiger partial charge in [-0.15, -0.1) is 12.6 Å². The van der Waals surface area contributed by atoms with Crippen molar-refractivity contribution in [2.45, 2.75) is 44.7 Å². The zero-order valence-electron chi connectivity index (χ0n) is 12.2. The number of thiol groups is 1. The molecule has 1 aromatic rings. The third-order valence-electron chi connectivity index (χ3n) is 3.11. The first-order valence-corrected chi connectivity index (χ1v) is 7.19. The van der Waals surface area contributed by atoms with Gasteiger partial charge in [-0.2, -0.15) is 0 Å². The summed E-state index contributed by atoms with van der Waals surface area (Å²) in [6.45, 7) is 10.2. The zero-order valence-corrected chi connectivity index (χ0v) is 13.1. The van der Waals surface area contributed by atoms with Crippen LogP contribution in [-0.4, -0.2) is 36.0 Å². The molecular weight excluding hydrogens is 256 g/mol. The van der Waals surface area contributed by atoms with E-state index in [4.69, 9.17) is 0 Å². The van der Waals surface area contributed by atoms with Gasteiger partial charge < -0.3 is 5.32 Å². The van der Waals surface area contributed by atoms with E-state index in [0.29, 0.717) is 24.2 Å². The van der Waals surface area contributed by atoms with E-state index in [1.807, 2.05) is 12.1 Å². The molecule has 4 heteroatoms. The van der Waals surface area contributed by atoms with E-state index in [9.17, 15) is 4.79 Å². The Morgan fingerprint density at radius 2 is 1.68 bits per heavy atom. The number of hydrogen-bond donors (Lipinski definition) is 2. The highest BCUT2D eigenvalue weighted by atomic mass is 32.1. The van der Waals surface area contributed by atoms with Gasteiger partial charge in [0.15, 0.2) is 0 Å². The number of benzene rings is 1. The number of amides is 1. The van der Waals surface area contributed by atoms with E-state index in [1.54, 1.807) is 12.1 Å². The minimum Gasteiger partial charge on any atom is -0.351 e. The predicted octanol–water partition coefficient (Wildman–Crippen LogP) is 2.82. The van der Waals surface area contributed by atoms with Crippen LogP contribution in [0, 0.1) is 0 Å². The highest BCUT2D eigenvalue weighted by Gasteiger charge is 2.13. The minimum atomic E-state index is -0.0270. The molecule has 0 aliphatic heterocycles. The molecule has 1 rings (SSSR count). The molecule has 0 unspecified atom stereocenters. The molecule has 0 atom stereocenters. The summed E-state index contributed by atoms with van der Waals surface area (Å²) in [5.41, 5.74) is 0.679. The van der Waals surface area contributed by atoms with Crippen LogP contribution in [-0.2, 0) is 0 Å². The Balaban J connectivity index is 2.44. The molecule has 1 N–H and O–H groups in total. The van der Waals surface area contributed by atoms with Crippen molar-refractivity contribution in [3.63, 3.8) is 0 Å². The van der Waals surface area contributed by atoms with Crippen LogP contribution in [0.4, 0.5) is 0 Å². The van der Waals surface area contributed by atoms with E-state index >= 15 is 0 Å². The fraction of sp³-hybridized carbons (Fsp3) is 0.533. The lowest BCUT2D eigenvalue weighted by molar-refractivity contribution is 0.0939. The van der Waals surface area contributed by atoms with Gasteiger partial charge in [-0.25, -0.2) is 0 Å². The second-order valence-corrected chi connectivity index (χ2v) is 5.74. The Labute approximate surface area is 121 Å². The smallest absolute Gasteiger partial charge is 0.251 e. The average Bonchev–Trinajstić information content (AvgIpc) is 2.34. The van der Waals surface area contributed by atoms with Gasteiger partial charge in [0.05, 0.1) is 0 Å². The number of rotatable bonds is 6. The molecule has 0 aliphatic carbocycles. The van der Waals surface area contributed by atoms with Crippen LogP contribution >= 0.6 is 12.6 Å². The predicted molar refractivity (Wildman–Crippen MR) is 83.0 cm³/mol. The Bertz CT molecular complexity index is 393. The van der Waals surface area contributed by atoms with Crippen LogP contribution in [0.2, 0.25) is 0 Å². The molecule has 106 valence electrons. The summed E-state index contributed by atoms with van der Waals surface area (Å²) in [7, 11) is 0. The van der Waals surface area contributed by atoms with Gasteiger partial charge in [0, 0.05) is 35.6 Å². The molecule has 0 saturated heterocycles. The number of carbonyl (C=O) groups excluding carboxylic acids is 1. The van der Waals surface area contributed by atoms with Crippen molar-refractivity contribution in [3.05, 3.63) is 29.8 Å². The fourth-order valence-electron chi connectivity index (χ4n) is 2.13. The highest BCUT2D eigenvalue weighted by Crippen LogP contribution is 2.07. The number of hydrogen-bond acceptors (Lipinski definition) is 3. The van der Waals surface area contributed by atoms with Gasteiger partial charge in [-0.1, -0.05) is 0 Å². The third kappa shape index (κ3) is 5.25. The summed E-state index contributed by atoms with van der Waals surface area (Å²) in [4.78, 5) is 15.1. The molecule has 0 fully saturated rings. The van der Waals surface area contributed by atoms with Crippen molar-refractivity contribution in [1.82, 2.24) is 10.2 Å². The van der Waals surface area contributed by atoms with Gasteiger partial charge in [-0.3, -0.25) is 9.69 Å². The van der Waals surface area contributed by atoms with Crippen LogP contribution in [0.15, 0.2) is 29.2 Å². The number of nitrogens with one attached hydrogen (secondary N) is 1. The third-order valence-corrected chi connectivity index (χ3v) is 3.41. The summed E-state index contributed by atoms with van der Waals surface area (Å²) in [6.07, 6.45) is 0. The van der Waals surface area contributed by atoms with E-state index in [-0.39, 0.29) is 5.91 Å². The van der Waals surface area contributed by atoms with Crippen molar-refractivity contribution in [2.24, 2.45) is 0 Å². The molecule has 0 heterocycles. The Morgan fingerprint density at radius 3 is 2.16 bits per heavy atom. The molecule has 0 aliphatic rings. The molecule has 0 radical (unpaired) electrons. The summed E-state index contributed by atoms with van der Waals surface area (Å²) in [6, 6.07) is 8.21. The quantitative estimate of drug-likeness (QED) is 0.785. The molecule has 3 nitrogen and oxygen atoms in total. The van der Waals surface area contributed by atoms with Gasteiger partial charge in [-0.05, 0) is 52.0 Å². The largest absolute Gasteiger partial charge is 0.351 e. The van der Waals surface area contributed by atoms with Crippen LogP contribution in [0.3, 0.4) is 0 Å². The maximum Gasteiger partial charge on any atom is 0.251 e. The van der Waals surface area contributed by atoms with E-state index in [1.165, 1.54) is 0 Å². The Morgan fingerprint density at radius 1 is 1.16 bits per heavy atom. The highest BCUT2D eigenvalue weighted by molar-refractivity contribution is 7.80. The Hall–Kier alpha value is -1.00. The molecule has 1 aromatic carbocycles. The van der Waals surface area contributed by atoms with Gasteiger partial charge in [0.1, 0.15) is 0 Å². The molecule has 0 aromatic heterocycles. The topological polar surface area (TPSA) is 32.3 Å².